The summed E-state index contributed by atoms with van der Waals surface area (Å²) >= 11 is 0. The molecule has 1 aromatic rings. The molecule has 1 amide bonds. The SMILES string of the molecule is C#CCCC1(CCC(=O)NCc2cnccn2)N=N1. The molecule has 0 atom stereocenters. The Bertz CT molecular complexity index is 500. The van der Waals surface area contributed by atoms with E-state index in [1.807, 2.05) is 0 Å². The summed E-state index contributed by atoms with van der Waals surface area (Å²) in [6.45, 7) is 0.387. The highest BCUT2D eigenvalue weighted by atomic mass is 16.1. The molecule has 6 heteroatoms. The molecule has 0 aromatic carbocycles. The Labute approximate surface area is 111 Å². The molecule has 0 radical (unpaired) electrons. The molecule has 1 aliphatic rings. The van der Waals surface area contributed by atoms with Gasteiger partial charge in [-0.25, -0.2) is 0 Å². The molecule has 0 fully saturated rings. The standard InChI is InChI=1S/C13H15N5O/c1-2-3-5-13(17-18-13)6-4-12(19)16-10-11-9-14-7-8-15-11/h1,7-9H,3-6,10H2,(H,16,19). The fourth-order valence-electron chi connectivity index (χ4n) is 1.68. The minimum Gasteiger partial charge on any atom is -0.350 e. The van der Waals surface area contributed by atoms with Crippen LogP contribution in [0.5, 0.6) is 0 Å². The summed E-state index contributed by atoms with van der Waals surface area (Å²) in [7, 11) is 0. The van der Waals surface area contributed by atoms with Crippen LogP contribution in [-0.4, -0.2) is 21.5 Å². The fourth-order valence-corrected chi connectivity index (χ4v) is 1.68. The molecule has 6 nitrogen and oxygen atoms in total. The second kappa shape index (κ2) is 6.05. The van der Waals surface area contributed by atoms with Gasteiger partial charge in [0.05, 0.1) is 18.4 Å². The van der Waals surface area contributed by atoms with Gasteiger partial charge in [0, 0.05) is 38.1 Å². The third-order valence-electron chi connectivity index (χ3n) is 2.89. The summed E-state index contributed by atoms with van der Waals surface area (Å²) < 4.78 is 0. The topological polar surface area (TPSA) is 79.6 Å². The Kier molecular flexibility index (Phi) is 4.18. The molecule has 0 saturated carbocycles. The van der Waals surface area contributed by atoms with Crippen molar-refractivity contribution in [3.63, 3.8) is 0 Å². The van der Waals surface area contributed by atoms with Crippen LogP contribution in [-0.2, 0) is 11.3 Å². The lowest BCUT2D eigenvalue weighted by Crippen LogP contribution is -2.25. The van der Waals surface area contributed by atoms with Crippen molar-refractivity contribution < 1.29 is 4.79 Å². The van der Waals surface area contributed by atoms with Crippen molar-refractivity contribution in [2.45, 2.75) is 37.9 Å². The first-order valence-electron chi connectivity index (χ1n) is 6.13. The summed E-state index contributed by atoms with van der Waals surface area (Å²) in [5.41, 5.74) is 0.342. The van der Waals surface area contributed by atoms with Crippen LogP contribution in [0.4, 0.5) is 0 Å². The van der Waals surface area contributed by atoms with E-state index in [-0.39, 0.29) is 5.91 Å². The molecular formula is C13H15N5O. The van der Waals surface area contributed by atoms with E-state index in [0.717, 1.165) is 12.1 Å². The van der Waals surface area contributed by atoms with Gasteiger partial charge < -0.3 is 5.32 Å². The zero-order chi connectivity index (χ0) is 13.6. The van der Waals surface area contributed by atoms with Crippen LogP contribution >= 0.6 is 0 Å². The molecular weight excluding hydrogens is 242 g/mol. The van der Waals surface area contributed by atoms with E-state index in [2.05, 4.69) is 31.4 Å². The van der Waals surface area contributed by atoms with Crippen LogP contribution in [0, 0.1) is 12.3 Å². The maximum atomic E-state index is 11.7. The number of rotatable bonds is 7. The summed E-state index contributed by atoms with van der Waals surface area (Å²) in [6.07, 6.45) is 12.4. The number of carbonyl (C=O) groups excluding carboxylic acids is 1. The van der Waals surface area contributed by atoms with E-state index in [0.29, 0.717) is 25.8 Å². The monoisotopic (exact) mass is 257 g/mol. The van der Waals surface area contributed by atoms with Gasteiger partial charge in [-0.2, -0.15) is 10.2 Å². The first-order chi connectivity index (χ1) is 9.24. The van der Waals surface area contributed by atoms with Crippen LogP contribution in [0.15, 0.2) is 28.8 Å². The Morgan fingerprint density at radius 3 is 2.84 bits per heavy atom. The molecule has 2 rings (SSSR count). The Hall–Kier alpha value is -2.29. The third kappa shape index (κ3) is 4.14. The summed E-state index contributed by atoms with van der Waals surface area (Å²) in [5.74, 6) is 2.52. The van der Waals surface area contributed by atoms with E-state index in [4.69, 9.17) is 6.42 Å². The van der Waals surface area contributed by atoms with Gasteiger partial charge in [-0.15, -0.1) is 12.3 Å². The summed E-state index contributed by atoms with van der Waals surface area (Å²) in [5, 5.41) is 10.8. The number of nitrogens with zero attached hydrogens (tertiary/aromatic N) is 4. The second-order valence-corrected chi connectivity index (χ2v) is 4.36. The minimum atomic E-state index is -0.393. The van der Waals surface area contributed by atoms with Gasteiger partial charge in [0.1, 0.15) is 0 Å². The highest BCUT2D eigenvalue weighted by Gasteiger charge is 2.39. The molecule has 1 aromatic heterocycles. The largest absolute Gasteiger partial charge is 0.350 e. The lowest BCUT2D eigenvalue weighted by molar-refractivity contribution is -0.121. The first-order valence-corrected chi connectivity index (χ1v) is 6.13. The molecule has 0 unspecified atom stereocenters. The van der Waals surface area contributed by atoms with E-state index >= 15 is 0 Å². The van der Waals surface area contributed by atoms with Gasteiger partial charge >= 0.3 is 0 Å². The average Bonchev–Trinajstić information content (AvgIpc) is 3.22. The third-order valence-corrected chi connectivity index (χ3v) is 2.89. The van der Waals surface area contributed by atoms with Crippen molar-refractivity contribution in [3.8, 4) is 12.3 Å². The van der Waals surface area contributed by atoms with Gasteiger partial charge in [0.25, 0.3) is 0 Å². The number of aromatic nitrogens is 2. The number of terminal acetylenes is 1. The molecule has 19 heavy (non-hydrogen) atoms. The highest BCUT2D eigenvalue weighted by molar-refractivity contribution is 5.75. The molecule has 2 heterocycles. The average molecular weight is 257 g/mol. The summed E-state index contributed by atoms with van der Waals surface area (Å²) in [4.78, 5) is 19.7. The van der Waals surface area contributed by atoms with Crippen molar-refractivity contribution in [1.29, 1.82) is 0 Å². The quantitative estimate of drug-likeness (QED) is 0.751. The van der Waals surface area contributed by atoms with Crippen LogP contribution in [0.3, 0.4) is 0 Å². The Morgan fingerprint density at radius 1 is 1.37 bits per heavy atom. The number of hydrogen-bond donors (Lipinski definition) is 1. The normalized spacial score (nSPS) is 14.7. The minimum absolute atomic E-state index is 0.0389. The molecule has 0 spiro atoms. The highest BCUT2D eigenvalue weighted by Crippen LogP contribution is 2.37. The van der Waals surface area contributed by atoms with Crippen molar-refractivity contribution in [1.82, 2.24) is 15.3 Å². The predicted molar refractivity (Wildman–Crippen MR) is 68.8 cm³/mol. The van der Waals surface area contributed by atoms with Gasteiger partial charge in [-0.1, -0.05) is 0 Å². The van der Waals surface area contributed by atoms with Crippen LogP contribution in [0.25, 0.3) is 0 Å². The Morgan fingerprint density at radius 2 is 2.21 bits per heavy atom. The van der Waals surface area contributed by atoms with Crippen molar-refractivity contribution >= 4 is 5.91 Å². The number of amides is 1. The van der Waals surface area contributed by atoms with Crippen LogP contribution in [0.2, 0.25) is 0 Å². The number of carbonyl (C=O) groups is 1. The fraction of sp³-hybridized carbons (Fsp3) is 0.462. The van der Waals surface area contributed by atoms with Gasteiger partial charge in [-0.3, -0.25) is 14.8 Å². The van der Waals surface area contributed by atoms with E-state index in [1.165, 1.54) is 0 Å². The maximum Gasteiger partial charge on any atom is 0.220 e. The Balaban J connectivity index is 1.67. The molecule has 1 N–H and O–H groups in total. The molecule has 0 saturated heterocycles. The van der Waals surface area contributed by atoms with E-state index in [9.17, 15) is 4.79 Å². The van der Waals surface area contributed by atoms with Gasteiger partial charge in [0.2, 0.25) is 5.91 Å². The number of hydrogen-bond acceptors (Lipinski definition) is 5. The first kappa shape index (κ1) is 13.1. The maximum absolute atomic E-state index is 11.7. The van der Waals surface area contributed by atoms with Crippen molar-refractivity contribution in [3.05, 3.63) is 24.3 Å². The van der Waals surface area contributed by atoms with Crippen molar-refractivity contribution in [2.75, 3.05) is 0 Å². The second-order valence-electron chi connectivity index (χ2n) is 4.36. The van der Waals surface area contributed by atoms with Gasteiger partial charge in [0.15, 0.2) is 5.66 Å². The van der Waals surface area contributed by atoms with Crippen LogP contribution in [0.1, 0.15) is 31.4 Å². The zero-order valence-electron chi connectivity index (χ0n) is 10.5. The zero-order valence-corrected chi connectivity index (χ0v) is 10.5. The predicted octanol–water partition coefficient (Wildman–Crippen LogP) is 1.45. The van der Waals surface area contributed by atoms with E-state index < -0.39 is 5.66 Å². The lowest BCUT2D eigenvalue weighted by atomic mass is 10.0. The molecule has 0 bridgehead atoms. The van der Waals surface area contributed by atoms with Gasteiger partial charge in [-0.05, 0) is 0 Å². The van der Waals surface area contributed by atoms with Crippen LogP contribution < -0.4 is 5.32 Å². The molecule has 1 aliphatic heterocycles. The smallest absolute Gasteiger partial charge is 0.220 e. The number of nitrogens with one attached hydrogen (secondary N) is 1. The lowest BCUT2D eigenvalue weighted by Gasteiger charge is -2.08. The molecule has 98 valence electrons. The summed E-state index contributed by atoms with van der Waals surface area (Å²) in [6, 6.07) is 0. The molecule has 0 aliphatic carbocycles. The van der Waals surface area contributed by atoms with Crippen molar-refractivity contribution in [2.24, 2.45) is 10.2 Å². The van der Waals surface area contributed by atoms with E-state index in [1.54, 1.807) is 18.6 Å².